The Bertz CT molecular complexity index is 1270. The van der Waals surface area contributed by atoms with Gasteiger partial charge >= 0.3 is 0 Å². The van der Waals surface area contributed by atoms with Crippen LogP contribution >= 0.6 is 0 Å². The molecule has 0 bridgehead atoms. The number of nitrogens with one attached hydrogen (secondary N) is 1. The smallest absolute Gasteiger partial charge is 0.241 e. The van der Waals surface area contributed by atoms with Crippen LogP contribution < -0.4 is 5.32 Å². The van der Waals surface area contributed by atoms with E-state index in [2.05, 4.69) is 50.8 Å². The largest absolute Gasteiger partial charge is 0.382 e. The second-order valence-corrected chi connectivity index (χ2v) is 9.31. The van der Waals surface area contributed by atoms with Gasteiger partial charge in [-0.2, -0.15) is 0 Å². The molecule has 9 nitrogen and oxygen atoms in total. The molecule has 5 rings (SSSR count). The second kappa shape index (κ2) is 9.68. The molecule has 4 aromatic rings. The Kier molecular flexibility index (Phi) is 6.47. The number of aryl methyl sites for hydroxylation is 1. The average Bonchev–Trinajstić information content (AvgIpc) is 3.39. The lowest BCUT2D eigenvalue weighted by molar-refractivity contribution is -0.00158. The number of methoxy groups -OCH3 is 1. The minimum Gasteiger partial charge on any atom is -0.382 e. The molecule has 1 N–H and O–H groups in total. The number of anilines is 1. The highest BCUT2D eigenvalue weighted by Gasteiger charge is 2.22. The van der Waals surface area contributed by atoms with Crippen molar-refractivity contribution in [1.82, 2.24) is 29.1 Å². The fraction of sp³-hybridized carbons (Fsp3) is 0.520. The van der Waals surface area contributed by atoms with Gasteiger partial charge in [-0.05, 0) is 58.6 Å². The van der Waals surface area contributed by atoms with Crippen molar-refractivity contribution in [1.29, 1.82) is 0 Å². The maximum atomic E-state index is 5.87. The first-order chi connectivity index (χ1) is 16.5. The monoisotopic (exact) mass is 463 g/mol. The average molecular weight is 464 g/mol. The van der Waals surface area contributed by atoms with Crippen LogP contribution in [0.25, 0.3) is 27.8 Å². The van der Waals surface area contributed by atoms with E-state index in [0.29, 0.717) is 37.3 Å². The summed E-state index contributed by atoms with van der Waals surface area (Å²) in [6.07, 6.45) is 10.2. The molecular formula is C25H33N7O2. The molecule has 0 saturated heterocycles. The van der Waals surface area contributed by atoms with Crippen LogP contribution in [0.15, 0.2) is 30.7 Å². The van der Waals surface area contributed by atoms with E-state index in [1.54, 1.807) is 7.11 Å². The molecule has 0 radical (unpaired) electrons. The number of rotatable bonds is 8. The van der Waals surface area contributed by atoms with E-state index in [0.717, 1.165) is 59.3 Å². The zero-order valence-corrected chi connectivity index (χ0v) is 20.4. The van der Waals surface area contributed by atoms with Crippen molar-refractivity contribution in [3.05, 3.63) is 36.5 Å². The van der Waals surface area contributed by atoms with Gasteiger partial charge in [-0.1, -0.05) is 0 Å². The van der Waals surface area contributed by atoms with Crippen LogP contribution in [0.4, 0.5) is 5.95 Å². The molecule has 1 saturated carbocycles. The number of fused-ring (bicyclic) bond motifs is 2. The third-order valence-corrected chi connectivity index (χ3v) is 6.62. The molecule has 0 unspecified atom stereocenters. The highest BCUT2D eigenvalue weighted by atomic mass is 16.5. The van der Waals surface area contributed by atoms with Gasteiger partial charge in [-0.3, -0.25) is 0 Å². The number of imidazole rings is 1. The lowest BCUT2D eigenvalue weighted by atomic mass is 9.93. The molecule has 34 heavy (non-hydrogen) atoms. The van der Waals surface area contributed by atoms with Crippen LogP contribution in [0.3, 0.4) is 0 Å². The van der Waals surface area contributed by atoms with Crippen molar-refractivity contribution in [2.75, 3.05) is 25.6 Å². The summed E-state index contributed by atoms with van der Waals surface area (Å²) in [4.78, 5) is 13.9. The number of hydrogen-bond donors (Lipinski definition) is 1. The van der Waals surface area contributed by atoms with Gasteiger partial charge in [0.15, 0.2) is 5.65 Å². The van der Waals surface area contributed by atoms with Crippen molar-refractivity contribution < 1.29 is 9.47 Å². The van der Waals surface area contributed by atoms with Crippen LogP contribution in [0, 0.1) is 6.92 Å². The predicted octanol–water partition coefficient (Wildman–Crippen LogP) is 4.42. The first-order valence-electron chi connectivity index (χ1n) is 12.1. The number of ether oxygens (including phenoxy) is 2. The first-order valence-corrected chi connectivity index (χ1v) is 12.1. The third-order valence-electron chi connectivity index (χ3n) is 6.62. The Labute approximate surface area is 199 Å². The van der Waals surface area contributed by atoms with E-state index in [1.807, 2.05) is 30.0 Å². The molecule has 9 heteroatoms. The van der Waals surface area contributed by atoms with Gasteiger partial charge in [0.25, 0.3) is 0 Å². The Morgan fingerprint density at radius 1 is 1.09 bits per heavy atom. The van der Waals surface area contributed by atoms with E-state index < -0.39 is 0 Å². The topological polar surface area (TPSA) is 91.4 Å². The summed E-state index contributed by atoms with van der Waals surface area (Å²) in [5.41, 5.74) is 4.87. The quantitative estimate of drug-likeness (QED) is 0.387. The lowest BCUT2D eigenvalue weighted by Gasteiger charge is -2.29. The molecule has 0 amide bonds. The van der Waals surface area contributed by atoms with Gasteiger partial charge in [0.05, 0.1) is 36.5 Å². The zero-order valence-electron chi connectivity index (χ0n) is 20.4. The van der Waals surface area contributed by atoms with Gasteiger partial charge in [0.2, 0.25) is 5.95 Å². The molecule has 0 spiro atoms. The van der Waals surface area contributed by atoms with Crippen molar-refractivity contribution in [2.24, 2.45) is 0 Å². The third kappa shape index (κ3) is 4.50. The Balaban J connectivity index is 1.31. The van der Waals surface area contributed by atoms with Crippen LogP contribution in [-0.4, -0.2) is 61.6 Å². The molecule has 1 aliphatic carbocycles. The van der Waals surface area contributed by atoms with Crippen molar-refractivity contribution >= 4 is 22.6 Å². The standard InChI is InChI=1S/C25H33N7O2/c1-16(2)32-17(3)28-24-22(32)13-18(14-26-24)21-9-10-31-23(21)15-27-25(30-31)29-19-5-7-20(8-6-19)34-12-11-33-4/h9-10,13-16,19-20H,5-8,11-12H2,1-4H3,(H,29,30)/t19-,20+. The summed E-state index contributed by atoms with van der Waals surface area (Å²) in [7, 11) is 1.70. The summed E-state index contributed by atoms with van der Waals surface area (Å²) in [5.74, 6) is 1.63. The van der Waals surface area contributed by atoms with Crippen molar-refractivity contribution in [2.45, 2.75) is 64.6 Å². The molecule has 0 aromatic carbocycles. The minimum absolute atomic E-state index is 0.316. The molecule has 0 aliphatic heterocycles. The van der Waals surface area contributed by atoms with Crippen molar-refractivity contribution in [3.8, 4) is 11.1 Å². The molecule has 0 atom stereocenters. The van der Waals surface area contributed by atoms with Crippen LogP contribution in [0.2, 0.25) is 0 Å². The van der Waals surface area contributed by atoms with Gasteiger partial charge in [0, 0.05) is 42.7 Å². The summed E-state index contributed by atoms with van der Waals surface area (Å²) in [6, 6.07) is 4.91. The number of aromatic nitrogens is 6. The number of pyridine rings is 1. The minimum atomic E-state index is 0.316. The molecule has 4 heterocycles. The van der Waals surface area contributed by atoms with E-state index in [-0.39, 0.29) is 0 Å². The summed E-state index contributed by atoms with van der Waals surface area (Å²) < 4.78 is 15.1. The van der Waals surface area contributed by atoms with Gasteiger partial charge in [-0.25, -0.2) is 19.5 Å². The fourth-order valence-electron chi connectivity index (χ4n) is 4.95. The van der Waals surface area contributed by atoms with E-state index in [9.17, 15) is 0 Å². The first kappa shape index (κ1) is 22.7. The number of nitrogens with zero attached hydrogens (tertiary/aromatic N) is 6. The summed E-state index contributed by atoms with van der Waals surface area (Å²) in [5, 5.41) is 8.23. The number of hydrogen-bond acceptors (Lipinski definition) is 7. The maximum absolute atomic E-state index is 5.87. The van der Waals surface area contributed by atoms with Crippen LogP contribution in [-0.2, 0) is 9.47 Å². The second-order valence-electron chi connectivity index (χ2n) is 9.31. The van der Waals surface area contributed by atoms with Crippen molar-refractivity contribution in [3.63, 3.8) is 0 Å². The van der Waals surface area contributed by atoms with Gasteiger partial charge < -0.3 is 19.4 Å². The Morgan fingerprint density at radius 3 is 2.68 bits per heavy atom. The molecule has 180 valence electrons. The van der Waals surface area contributed by atoms with Gasteiger partial charge in [-0.15, -0.1) is 5.10 Å². The van der Waals surface area contributed by atoms with Crippen LogP contribution in [0.5, 0.6) is 0 Å². The molecule has 1 aliphatic rings. The fourth-order valence-corrected chi connectivity index (χ4v) is 4.95. The maximum Gasteiger partial charge on any atom is 0.241 e. The van der Waals surface area contributed by atoms with E-state index >= 15 is 0 Å². The molecule has 4 aromatic heterocycles. The SMILES string of the molecule is COCCO[C@H]1CC[C@@H](Nc2ncc3c(-c4cnc5nc(C)n(C(C)C)c5c4)ccn3n2)CC1. The lowest BCUT2D eigenvalue weighted by Crippen LogP contribution is -2.31. The Hall–Kier alpha value is -3.04. The predicted molar refractivity (Wildman–Crippen MR) is 132 cm³/mol. The van der Waals surface area contributed by atoms with E-state index in [4.69, 9.17) is 14.6 Å². The molecular weight excluding hydrogens is 430 g/mol. The summed E-state index contributed by atoms with van der Waals surface area (Å²) in [6.45, 7) is 7.67. The zero-order chi connectivity index (χ0) is 23.7. The van der Waals surface area contributed by atoms with Gasteiger partial charge in [0.1, 0.15) is 5.82 Å². The normalized spacial score (nSPS) is 18.9. The highest BCUT2D eigenvalue weighted by molar-refractivity contribution is 5.85. The Morgan fingerprint density at radius 2 is 1.91 bits per heavy atom. The highest BCUT2D eigenvalue weighted by Crippen LogP contribution is 2.29. The van der Waals surface area contributed by atoms with Crippen LogP contribution in [0.1, 0.15) is 51.4 Å². The van der Waals surface area contributed by atoms with E-state index in [1.165, 1.54) is 0 Å². The molecule has 1 fully saturated rings. The summed E-state index contributed by atoms with van der Waals surface area (Å²) >= 11 is 0.